The van der Waals surface area contributed by atoms with Crippen molar-refractivity contribution in [3.8, 4) is 5.75 Å². The minimum absolute atomic E-state index is 0.159. The molecule has 2 aromatic rings. The molecule has 0 fully saturated rings. The molecule has 0 aromatic heterocycles. The SMILES string of the molecule is CNC(=O)[C@H](C)N(Cc1cccc(C)c1)C(=O)COc1cc(C)c(Cl)c(C)c1. The molecule has 0 aliphatic rings. The van der Waals surface area contributed by atoms with Crippen LogP contribution in [0.3, 0.4) is 0 Å². The second kappa shape index (κ2) is 9.60. The van der Waals surface area contributed by atoms with Crippen molar-refractivity contribution in [2.75, 3.05) is 13.7 Å². The summed E-state index contributed by atoms with van der Waals surface area (Å²) in [5, 5.41) is 3.29. The zero-order valence-corrected chi connectivity index (χ0v) is 17.8. The van der Waals surface area contributed by atoms with Gasteiger partial charge < -0.3 is 15.0 Å². The quantitative estimate of drug-likeness (QED) is 0.766. The van der Waals surface area contributed by atoms with Crippen LogP contribution in [-0.2, 0) is 16.1 Å². The first-order valence-electron chi connectivity index (χ1n) is 9.19. The Labute approximate surface area is 171 Å². The van der Waals surface area contributed by atoms with Crippen molar-refractivity contribution in [3.05, 3.63) is 63.7 Å². The molecule has 1 N–H and O–H groups in total. The average Bonchev–Trinajstić information content (AvgIpc) is 2.67. The number of aryl methyl sites for hydroxylation is 3. The third-order valence-corrected chi connectivity index (χ3v) is 5.22. The molecule has 0 aliphatic heterocycles. The second-order valence-electron chi connectivity index (χ2n) is 6.96. The van der Waals surface area contributed by atoms with Gasteiger partial charge in [0.15, 0.2) is 6.61 Å². The molecule has 2 aromatic carbocycles. The van der Waals surface area contributed by atoms with Crippen LogP contribution < -0.4 is 10.1 Å². The van der Waals surface area contributed by atoms with E-state index in [2.05, 4.69) is 5.32 Å². The highest BCUT2D eigenvalue weighted by molar-refractivity contribution is 6.32. The van der Waals surface area contributed by atoms with Crippen LogP contribution in [0.1, 0.15) is 29.2 Å². The summed E-state index contributed by atoms with van der Waals surface area (Å²) in [6, 6.07) is 10.9. The summed E-state index contributed by atoms with van der Waals surface area (Å²) in [4.78, 5) is 26.6. The Morgan fingerprint density at radius 2 is 1.79 bits per heavy atom. The predicted octanol–water partition coefficient (Wildman–Crippen LogP) is 3.81. The largest absolute Gasteiger partial charge is 0.484 e. The van der Waals surface area contributed by atoms with Gasteiger partial charge in [-0.2, -0.15) is 0 Å². The zero-order valence-electron chi connectivity index (χ0n) is 17.0. The van der Waals surface area contributed by atoms with E-state index in [0.717, 1.165) is 22.3 Å². The monoisotopic (exact) mass is 402 g/mol. The van der Waals surface area contributed by atoms with Gasteiger partial charge in [0.2, 0.25) is 5.91 Å². The molecule has 0 heterocycles. The summed E-state index contributed by atoms with van der Waals surface area (Å²) in [6.07, 6.45) is 0. The lowest BCUT2D eigenvalue weighted by Gasteiger charge is -2.28. The maximum absolute atomic E-state index is 12.9. The number of hydrogen-bond acceptors (Lipinski definition) is 3. The molecular weight excluding hydrogens is 376 g/mol. The number of rotatable bonds is 7. The molecule has 0 aliphatic carbocycles. The van der Waals surface area contributed by atoms with Gasteiger partial charge in [0.05, 0.1) is 0 Å². The molecule has 0 radical (unpaired) electrons. The molecule has 0 saturated carbocycles. The fourth-order valence-corrected chi connectivity index (χ4v) is 3.13. The smallest absolute Gasteiger partial charge is 0.261 e. The Morgan fingerprint density at radius 1 is 1.14 bits per heavy atom. The lowest BCUT2D eigenvalue weighted by atomic mass is 10.1. The second-order valence-corrected chi connectivity index (χ2v) is 7.34. The van der Waals surface area contributed by atoms with Gasteiger partial charge in [-0.25, -0.2) is 0 Å². The molecule has 150 valence electrons. The molecular formula is C22H27ClN2O3. The first-order chi connectivity index (χ1) is 13.2. The van der Waals surface area contributed by atoms with E-state index in [1.807, 2.05) is 45.0 Å². The summed E-state index contributed by atoms with van der Waals surface area (Å²) >= 11 is 6.18. The maximum Gasteiger partial charge on any atom is 0.261 e. The molecule has 28 heavy (non-hydrogen) atoms. The Morgan fingerprint density at radius 3 is 2.36 bits per heavy atom. The Kier molecular flexibility index (Phi) is 7.46. The predicted molar refractivity (Wildman–Crippen MR) is 112 cm³/mol. The number of carbonyl (C=O) groups is 2. The van der Waals surface area contributed by atoms with E-state index in [4.69, 9.17) is 16.3 Å². The topological polar surface area (TPSA) is 58.6 Å². The number of amides is 2. The first-order valence-corrected chi connectivity index (χ1v) is 9.57. The van der Waals surface area contributed by atoms with Crippen molar-refractivity contribution >= 4 is 23.4 Å². The van der Waals surface area contributed by atoms with Gasteiger partial charge in [-0.1, -0.05) is 41.4 Å². The lowest BCUT2D eigenvalue weighted by Crippen LogP contribution is -2.48. The van der Waals surface area contributed by atoms with Crippen LogP contribution in [0.15, 0.2) is 36.4 Å². The van der Waals surface area contributed by atoms with Crippen LogP contribution >= 0.6 is 11.6 Å². The van der Waals surface area contributed by atoms with E-state index in [1.54, 1.807) is 26.1 Å². The minimum Gasteiger partial charge on any atom is -0.484 e. The summed E-state index contributed by atoms with van der Waals surface area (Å²) in [7, 11) is 1.56. The number of benzene rings is 2. The summed E-state index contributed by atoms with van der Waals surface area (Å²) in [6.45, 7) is 7.66. The van der Waals surface area contributed by atoms with Crippen molar-refractivity contribution in [2.45, 2.75) is 40.3 Å². The first kappa shape index (κ1) is 21.8. The molecule has 0 spiro atoms. The average molecular weight is 403 g/mol. The molecule has 0 unspecified atom stereocenters. The highest BCUT2D eigenvalue weighted by Crippen LogP contribution is 2.26. The Balaban J connectivity index is 2.17. The van der Waals surface area contributed by atoms with Gasteiger partial charge >= 0.3 is 0 Å². The highest BCUT2D eigenvalue weighted by atomic mass is 35.5. The van der Waals surface area contributed by atoms with E-state index < -0.39 is 6.04 Å². The molecule has 2 rings (SSSR count). The molecule has 2 amide bonds. The third-order valence-electron chi connectivity index (χ3n) is 4.62. The number of nitrogens with one attached hydrogen (secondary N) is 1. The van der Waals surface area contributed by atoms with Gasteiger partial charge in [-0.3, -0.25) is 9.59 Å². The van der Waals surface area contributed by atoms with Crippen LogP contribution in [-0.4, -0.2) is 36.4 Å². The van der Waals surface area contributed by atoms with Crippen molar-refractivity contribution < 1.29 is 14.3 Å². The van der Waals surface area contributed by atoms with Gasteiger partial charge in [0.25, 0.3) is 5.91 Å². The number of carbonyl (C=O) groups excluding carboxylic acids is 2. The van der Waals surface area contributed by atoms with E-state index >= 15 is 0 Å². The number of hydrogen-bond donors (Lipinski definition) is 1. The van der Waals surface area contributed by atoms with Crippen molar-refractivity contribution in [1.29, 1.82) is 0 Å². The number of likely N-dealkylation sites (N-methyl/N-ethyl adjacent to an activating group) is 1. The Bertz CT molecular complexity index is 844. The van der Waals surface area contributed by atoms with Crippen molar-refractivity contribution in [1.82, 2.24) is 10.2 Å². The lowest BCUT2D eigenvalue weighted by molar-refractivity contribution is -0.142. The van der Waals surface area contributed by atoms with E-state index in [0.29, 0.717) is 17.3 Å². The normalized spacial score (nSPS) is 11.6. The number of halogens is 1. The summed E-state index contributed by atoms with van der Waals surface area (Å²) in [5.41, 5.74) is 3.84. The van der Waals surface area contributed by atoms with E-state index in [9.17, 15) is 9.59 Å². The molecule has 0 bridgehead atoms. The van der Waals surface area contributed by atoms with Gasteiger partial charge in [0, 0.05) is 18.6 Å². The molecule has 5 nitrogen and oxygen atoms in total. The van der Waals surface area contributed by atoms with Crippen LogP contribution in [0.2, 0.25) is 5.02 Å². The van der Waals surface area contributed by atoms with E-state index in [1.165, 1.54) is 4.90 Å². The Hall–Kier alpha value is -2.53. The fraction of sp³-hybridized carbons (Fsp3) is 0.364. The van der Waals surface area contributed by atoms with Crippen LogP contribution in [0.4, 0.5) is 0 Å². The summed E-state index contributed by atoms with van der Waals surface area (Å²) < 4.78 is 5.71. The van der Waals surface area contributed by atoms with Crippen LogP contribution in [0, 0.1) is 20.8 Å². The molecule has 1 atom stereocenters. The minimum atomic E-state index is -0.615. The van der Waals surface area contributed by atoms with Crippen molar-refractivity contribution in [3.63, 3.8) is 0 Å². The number of ether oxygens (including phenoxy) is 1. The van der Waals surface area contributed by atoms with Gasteiger partial charge in [-0.05, 0) is 56.5 Å². The fourth-order valence-electron chi connectivity index (χ4n) is 3.02. The zero-order chi connectivity index (χ0) is 20.8. The number of nitrogens with zero attached hydrogens (tertiary/aromatic N) is 1. The third kappa shape index (κ3) is 5.49. The van der Waals surface area contributed by atoms with Crippen molar-refractivity contribution in [2.24, 2.45) is 0 Å². The molecule has 0 saturated heterocycles. The van der Waals surface area contributed by atoms with Crippen LogP contribution in [0.25, 0.3) is 0 Å². The van der Waals surface area contributed by atoms with Crippen LogP contribution in [0.5, 0.6) is 5.75 Å². The van der Waals surface area contributed by atoms with Gasteiger partial charge in [0.1, 0.15) is 11.8 Å². The van der Waals surface area contributed by atoms with Gasteiger partial charge in [-0.15, -0.1) is 0 Å². The highest BCUT2D eigenvalue weighted by Gasteiger charge is 2.26. The standard InChI is InChI=1S/C22H27ClN2O3/c1-14-7-6-8-18(9-14)12-25(17(4)22(27)24-5)20(26)13-28-19-10-15(2)21(23)16(3)11-19/h6-11,17H,12-13H2,1-5H3,(H,24,27)/t17-/m0/s1. The van der Waals surface area contributed by atoms with E-state index in [-0.39, 0.29) is 18.4 Å². The summed E-state index contributed by atoms with van der Waals surface area (Å²) in [5.74, 6) is 0.0953. The molecule has 6 heteroatoms. The maximum atomic E-state index is 12.9.